The van der Waals surface area contributed by atoms with Gasteiger partial charge in [-0.1, -0.05) is 12.1 Å². The van der Waals surface area contributed by atoms with Crippen LogP contribution < -0.4 is 10.2 Å². The standard InChI is InChI=1S/C15H20BNO3/c1-14(2)15(3,4)20-16(19-14)12-6-8-13(9-7-12)18-11-5-10-17/h6-9H,5,11H2,1-4H3. The van der Waals surface area contributed by atoms with E-state index >= 15 is 0 Å². The zero-order chi connectivity index (χ0) is 14.8. The van der Waals surface area contributed by atoms with Crippen molar-refractivity contribution in [2.45, 2.75) is 45.3 Å². The molecule has 0 unspecified atom stereocenters. The fourth-order valence-corrected chi connectivity index (χ4v) is 1.91. The molecule has 1 heterocycles. The average Bonchev–Trinajstić information content (AvgIpc) is 2.60. The third kappa shape index (κ3) is 2.97. The van der Waals surface area contributed by atoms with E-state index in [0.29, 0.717) is 13.0 Å². The first-order valence-electron chi connectivity index (χ1n) is 6.81. The van der Waals surface area contributed by atoms with Gasteiger partial charge in [-0.15, -0.1) is 0 Å². The summed E-state index contributed by atoms with van der Waals surface area (Å²) in [5, 5.41) is 8.47. The lowest BCUT2D eigenvalue weighted by atomic mass is 9.79. The van der Waals surface area contributed by atoms with Crippen molar-refractivity contribution in [3.05, 3.63) is 24.3 Å². The van der Waals surface area contributed by atoms with Crippen LogP contribution in [-0.2, 0) is 9.31 Å². The van der Waals surface area contributed by atoms with Crippen LogP contribution in [0.5, 0.6) is 5.75 Å². The Morgan fingerprint density at radius 2 is 1.65 bits per heavy atom. The summed E-state index contributed by atoms with van der Waals surface area (Å²) < 4.78 is 17.4. The van der Waals surface area contributed by atoms with E-state index in [9.17, 15) is 0 Å². The van der Waals surface area contributed by atoms with E-state index in [2.05, 4.69) is 0 Å². The molecule has 5 heteroatoms. The molecule has 0 N–H and O–H groups in total. The number of hydrogen-bond donors (Lipinski definition) is 0. The van der Waals surface area contributed by atoms with Crippen molar-refractivity contribution in [2.75, 3.05) is 6.61 Å². The molecule has 1 fully saturated rings. The SMILES string of the molecule is CC1(C)OB(c2ccc(OCCC#N)cc2)OC1(C)C. The molecule has 0 amide bonds. The molecule has 4 nitrogen and oxygen atoms in total. The van der Waals surface area contributed by atoms with Crippen LogP contribution in [-0.4, -0.2) is 24.9 Å². The maximum absolute atomic E-state index is 8.47. The van der Waals surface area contributed by atoms with Crippen molar-refractivity contribution in [1.29, 1.82) is 5.26 Å². The fraction of sp³-hybridized carbons (Fsp3) is 0.533. The summed E-state index contributed by atoms with van der Waals surface area (Å²) in [6.07, 6.45) is 0.388. The van der Waals surface area contributed by atoms with Crippen molar-refractivity contribution in [2.24, 2.45) is 0 Å². The number of rotatable bonds is 4. The highest BCUT2D eigenvalue weighted by Gasteiger charge is 2.51. The zero-order valence-corrected chi connectivity index (χ0v) is 12.5. The molecule has 0 spiro atoms. The molecule has 1 aromatic carbocycles. The first kappa shape index (κ1) is 14.9. The molecule has 1 aliphatic rings. The molecule has 0 radical (unpaired) electrons. The summed E-state index contributed by atoms with van der Waals surface area (Å²) in [6, 6.07) is 9.66. The first-order chi connectivity index (χ1) is 9.36. The summed E-state index contributed by atoms with van der Waals surface area (Å²) in [6.45, 7) is 8.55. The van der Waals surface area contributed by atoms with Crippen LogP contribution in [0.15, 0.2) is 24.3 Å². The maximum atomic E-state index is 8.47. The van der Waals surface area contributed by atoms with E-state index in [-0.39, 0.29) is 18.3 Å². The fourth-order valence-electron chi connectivity index (χ4n) is 1.91. The number of hydrogen-bond acceptors (Lipinski definition) is 4. The van der Waals surface area contributed by atoms with Gasteiger partial charge in [0.1, 0.15) is 12.4 Å². The number of ether oxygens (including phenoxy) is 1. The van der Waals surface area contributed by atoms with Crippen LogP contribution in [0.4, 0.5) is 0 Å². The highest BCUT2D eigenvalue weighted by molar-refractivity contribution is 6.62. The minimum absolute atomic E-state index is 0.334. The van der Waals surface area contributed by atoms with Gasteiger partial charge in [0.2, 0.25) is 0 Å². The largest absolute Gasteiger partial charge is 0.494 e. The Hall–Kier alpha value is -1.51. The lowest BCUT2D eigenvalue weighted by molar-refractivity contribution is 0.00578. The third-order valence-corrected chi connectivity index (χ3v) is 3.89. The molecular weight excluding hydrogens is 253 g/mol. The summed E-state index contributed by atoms with van der Waals surface area (Å²) in [5.74, 6) is 0.750. The van der Waals surface area contributed by atoms with Crippen LogP contribution in [0.1, 0.15) is 34.1 Å². The number of nitriles is 1. The van der Waals surface area contributed by atoms with Gasteiger partial charge in [-0.2, -0.15) is 5.26 Å². The Morgan fingerprint density at radius 3 is 2.15 bits per heavy atom. The van der Waals surface area contributed by atoms with Gasteiger partial charge in [0.05, 0.1) is 23.7 Å². The van der Waals surface area contributed by atoms with Gasteiger partial charge in [-0.25, -0.2) is 0 Å². The first-order valence-corrected chi connectivity index (χ1v) is 6.81. The van der Waals surface area contributed by atoms with E-state index in [1.807, 2.05) is 58.0 Å². The zero-order valence-electron chi connectivity index (χ0n) is 12.5. The average molecular weight is 273 g/mol. The van der Waals surface area contributed by atoms with E-state index < -0.39 is 0 Å². The van der Waals surface area contributed by atoms with Crippen LogP contribution in [0, 0.1) is 11.3 Å². The van der Waals surface area contributed by atoms with Crippen molar-refractivity contribution in [3.63, 3.8) is 0 Å². The van der Waals surface area contributed by atoms with E-state index in [0.717, 1.165) is 11.2 Å². The second-order valence-electron chi connectivity index (χ2n) is 5.91. The molecule has 0 bridgehead atoms. The van der Waals surface area contributed by atoms with Gasteiger partial charge in [-0.3, -0.25) is 0 Å². The predicted octanol–water partition coefficient (Wildman–Crippen LogP) is 2.28. The summed E-state index contributed by atoms with van der Waals surface area (Å²) in [4.78, 5) is 0. The van der Waals surface area contributed by atoms with Crippen molar-refractivity contribution in [1.82, 2.24) is 0 Å². The smallest absolute Gasteiger partial charge is 0.493 e. The molecule has 2 rings (SSSR count). The van der Waals surface area contributed by atoms with Crippen molar-refractivity contribution >= 4 is 12.6 Å². The minimum Gasteiger partial charge on any atom is -0.493 e. The molecule has 0 atom stereocenters. The monoisotopic (exact) mass is 273 g/mol. The maximum Gasteiger partial charge on any atom is 0.494 e. The lowest BCUT2D eigenvalue weighted by Crippen LogP contribution is -2.41. The second-order valence-corrected chi connectivity index (χ2v) is 5.91. The van der Waals surface area contributed by atoms with E-state index in [1.54, 1.807) is 0 Å². The van der Waals surface area contributed by atoms with Gasteiger partial charge in [0.25, 0.3) is 0 Å². The van der Waals surface area contributed by atoms with Gasteiger partial charge in [0.15, 0.2) is 0 Å². The van der Waals surface area contributed by atoms with E-state index in [1.165, 1.54) is 0 Å². The Labute approximate surface area is 120 Å². The van der Waals surface area contributed by atoms with Gasteiger partial charge >= 0.3 is 7.12 Å². The van der Waals surface area contributed by atoms with Crippen molar-refractivity contribution in [3.8, 4) is 11.8 Å². The lowest BCUT2D eigenvalue weighted by Gasteiger charge is -2.32. The molecule has 1 saturated heterocycles. The Morgan fingerprint density at radius 1 is 1.10 bits per heavy atom. The van der Waals surface area contributed by atoms with Gasteiger partial charge < -0.3 is 14.0 Å². The topological polar surface area (TPSA) is 51.5 Å². The second kappa shape index (κ2) is 5.47. The third-order valence-electron chi connectivity index (χ3n) is 3.89. The number of benzene rings is 1. The highest BCUT2D eigenvalue weighted by Crippen LogP contribution is 2.36. The summed E-state index contributed by atoms with van der Waals surface area (Å²) >= 11 is 0. The molecule has 106 valence electrons. The van der Waals surface area contributed by atoms with Crippen LogP contribution in [0.25, 0.3) is 0 Å². The molecular formula is C15H20BNO3. The van der Waals surface area contributed by atoms with Gasteiger partial charge in [0, 0.05) is 0 Å². The predicted molar refractivity (Wildman–Crippen MR) is 77.9 cm³/mol. The summed E-state index contributed by atoms with van der Waals surface area (Å²) in [7, 11) is -0.354. The Balaban J connectivity index is 2.03. The Bertz CT molecular complexity index is 489. The quantitative estimate of drug-likeness (QED) is 0.623. The Kier molecular flexibility index (Phi) is 4.07. The van der Waals surface area contributed by atoms with Gasteiger partial charge in [-0.05, 0) is 45.3 Å². The molecule has 0 saturated carbocycles. The molecule has 1 aliphatic heterocycles. The van der Waals surface area contributed by atoms with Crippen LogP contribution in [0.3, 0.4) is 0 Å². The normalized spacial score (nSPS) is 19.6. The molecule has 0 aromatic heterocycles. The van der Waals surface area contributed by atoms with Crippen molar-refractivity contribution < 1.29 is 14.0 Å². The summed E-state index contributed by atoms with van der Waals surface area (Å²) in [5.41, 5.74) is 0.301. The number of nitrogens with zero attached hydrogens (tertiary/aromatic N) is 1. The molecule has 1 aromatic rings. The molecule has 0 aliphatic carbocycles. The minimum atomic E-state index is -0.354. The van der Waals surface area contributed by atoms with Crippen LogP contribution in [0.2, 0.25) is 0 Å². The van der Waals surface area contributed by atoms with Crippen LogP contribution >= 0.6 is 0 Å². The van der Waals surface area contributed by atoms with E-state index in [4.69, 9.17) is 19.3 Å². The molecule has 20 heavy (non-hydrogen) atoms. The highest BCUT2D eigenvalue weighted by atomic mass is 16.7.